The van der Waals surface area contributed by atoms with Crippen LogP contribution in [0.15, 0.2) is 36.4 Å². The number of phenolic OH excluding ortho intramolecular Hbond substituents is 1. The Bertz CT molecular complexity index is 1420. The van der Waals surface area contributed by atoms with Crippen LogP contribution in [-0.4, -0.2) is 74.6 Å². The van der Waals surface area contributed by atoms with Gasteiger partial charge in [-0.2, -0.15) is 0 Å². The smallest absolute Gasteiger partial charge is 0.115 e. The van der Waals surface area contributed by atoms with E-state index in [1.165, 1.54) is 112 Å². The Morgan fingerprint density at radius 1 is 0.604 bits per heavy atom. The summed E-state index contributed by atoms with van der Waals surface area (Å²) in [5, 5.41) is 34.1. The first-order valence-electron chi connectivity index (χ1n) is 20.1. The molecule has 4 bridgehead atoms. The van der Waals surface area contributed by atoms with Crippen molar-refractivity contribution in [3.05, 3.63) is 64.2 Å². The van der Waals surface area contributed by atoms with Crippen LogP contribution in [0.25, 0.3) is 0 Å². The van der Waals surface area contributed by atoms with Gasteiger partial charge in [0.15, 0.2) is 0 Å². The second-order valence-electron chi connectivity index (χ2n) is 18.0. The van der Waals surface area contributed by atoms with E-state index < -0.39 is 11.2 Å². The molecule has 3 N–H and O–H groups in total. The fraction of sp³-hybridized carbons (Fsp3) is 0.721. The fourth-order valence-corrected chi connectivity index (χ4v) is 12.8. The third kappa shape index (κ3) is 4.69. The number of hydrogen-bond donors (Lipinski definition) is 3. The second-order valence-corrected chi connectivity index (χ2v) is 18.0. The molecular weight excluding hydrogens is 592 g/mol. The molecule has 6 aliphatic carbocycles. The summed E-state index contributed by atoms with van der Waals surface area (Å²) >= 11 is 0. The van der Waals surface area contributed by atoms with E-state index in [1.54, 1.807) is 0 Å². The average molecular weight is 653 g/mol. The molecule has 0 aromatic heterocycles. The first-order valence-corrected chi connectivity index (χ1v) is 20.1. The minimum atomic E-state index is -0.603. The van der Waals surface area contributed by atoms with Crippen molar-refractivity contribution in [1.29, 1.82) is 0 Å². The SMILES string of the molecule is Cc1ccc2c(c1)C13CCCCC1(O)C(C2)N(CC1CCC1)CC3.Oc1ccc2c(c1)C13CCCCC1(O)C(C2)N(CC1CCC1)CC3. The van der Waals surface area contributed by atoms with Crippen LogP contribution in [0.3, 0.4) is 0 Å². The van der Waals surface area contributed by atoms with Crippen LogP contribution in [0, 0.1) is 18.8 Å². The molecule has 2 saturated heterocycles. The van der Waals surface area contributed by atoms with E-state index in [4.69, 9.17) is 0 Å². The van der Waals surface area contributed by atoms with Gasteiger partial charge in [-0.1, -0.05) is 68.4 Å². The molecule has 6 atom stereocenters. The van der Waals surface area contributed by atoms with Crippen molar-refractivity contribution in [2.45, 2.75) is 157 Å². The molecule has 6 unspecified atom stereocenters. The van der Waals surface area contributed by atoms with Crippen molar-refractivity contribution >= 4 is 0 Å². The summed E-state index contributed by atoms with van der Waals surface area (Å²) < 4.78 is 0. The Balaban J connectivity index is 0.000000131. The molecule has 2 aromatic carbocycles. The number of nitrogens with zero attached hydrogens (tertiary/aromatic N) is 2. The standard InChI is InChI=1S/C22H31NO.C21H29NO2/c1-16-7-8-18-14-20-22(24)10-3-2-9-21(22,19(18)13-16)11-12-23(20)15-17-5-4-6-17;23-17-7-6-16-12-19-21(24)9-2-1-8-20(21,18(16)13-17)10-11-22(19)14-15-4-3-5-15/h7-8,13,17,20,24H,2-6,9-12,14-15H2,1H3;6-7,13,15,19,23-24H,1-5,8-12,14H2. The molecule has 48 heavy (non-hydrogen) atoms. The number of aryl methyl sites for hydroxylation is 1. The summed E-state index contributed by atoms with van der Waals surface area (Å²) in [6.07, 6.45) is 21.6. The maximum absolute atomic E-state index is 12.0. The van der Waals surface area contributed by atoms with Crippen molar-refractivity contribution in [3.8, 4) is 5.75 Å². The quantitative estimate of drug-likeness (QED) is 0.323. The van der Waals surface area contributed by atoms with E-state index in [-0.39, 0.29) is 16.9 Å². The third-order valence-corrected chi connectivity index (χ3v) is 15.8. The minimum Gasteiger partial charge on any atom is -0.508 e. The molecule has 2 heterocycles. The van der Waals surface area contributed by atoms with Crippen LogP contribution >= 0.6 is 0 Å². The Kier molecular flexibility index (Phi) is 7.89. The molecule has 4 saturated carbocycles. The molecule has 5 nitrogen and oxygen atoms in total. The topological polar surface area (TPSA) is 67.2 Å². The van der Waals surface area contributed by atoms with Gasteiger partial charge >= 0.3 is 0 Å². The molecule has 8 aliphatic rings. The molecule has 2 aromatic rings. The Hall–Kier alpha value is -1.92. The van der Waals surface area contributed by atoms with Gasteiger partial charge in [0.2, 0.25) is 0 Å². The van der Waals surface area contributed by atoms with Gasteiger partial charge in [-0.3, -0.25) is 9.80 Å². The van der Waals surface area contributed by atoms with Crippen LogP contribution in [0.5, 0.6) is 5.75 Å². The summed E-state index contributed by atoms with van der Waals surface area (Å²) in [4.78, 5) is 5.32. The van der Waals surface area contributed by atoms with Crippen molar-refractivity contribution in [1.82, 2.24) is 9.80 Å². The van der Waals surface area contributed by atoms with Gasteiger partial charge in [-0.15, -0.1) is 0 Å². The Labute approximate surface area is 289 Å². The van der Waals surface area contributed by atoms with E-state index in [2.05, 4.69) is 41.0 Å². The predicted molar refractivity (Wildman–Crippen MR) is 192 cm³/mol. The van der Waals surface area contributed by atoms with Gasteiger partial charge in [0, 0.05) is 36.0 Å². The number of fused-ring (bicyclic) bond motifs is 2. The lowest BCUT2D eigenvalue weighted by Crippen LogP contribution is -2.72. The molecule has 6 fully saturated rings. The molecule has 10 rings (SSSR count). The zero-order chi connectivity index (χ0) is 32.7. The molecule has 2 aliphatic heterocycles. The van der Waals surface area contributed by atoms with Gasteiger partial charge < -0.3 is 15.3 Å². The molecule has 0 spiro atoms. The summed E-state index contributed by atoms with van der Waals surface area (Å²) in [7, 11) is 0. The minimum absolute atomic E-state index is 0.0334. The van der Waals surface area contributed by atoms with Crippen molar-refractivity contribution in [2.75, 3.05) is 26.2 Å². The fourth-order valence-electron chi connectivity index (χ4n) is 12.8. The highest BCUT2D eigenvalue weighted by Crippen LogP contribution is 2.60. The molecule has 5 heteroatoms. The predicted octanol–water partition coefficient (Wildman–Crippen LogP) is 7.33. The number of benzene rings is 2. The summed E-state index contributed by atoms with van der Waals surface area (Å²) in [5.41, 5.74) is 5.81. The van der Waals surface area contributed by atoms with Crippen LogP contribution < -0.4 is 0 Å². The summed E-state index contributed by atoms with van der Waals surface area (Å²) in [6.45, 7) is 6.91. The molecule has 0 amide bonds. The molecule has 260 valence electrons. The number of piperidine rings is 2. The van der Waals surface area contributed by atoms with Crippen LogP contribution in [0.2, 0.25) is 0 Å². The normalized spacial score (nSPS) is 39.0. The van der Waals surface area contributed by atoms with Crippen molar-refractivity contribution in [3.63, 3.8) is 0 Å². The number of aromatic hydroxyl groups is 1. The van der Waals surface area contributed by atoms with Crippen LogP contribution in [0.1, 0.15) is 131 Å². The lowest BCUT2D eigenvalue weighted by atomic mass is 9.49. The zero-order valence-corrected chi connectivity index (χ0v) is 29.6. The highest BCUT2D eigenvalue weighted by atomic mass is 16.3. The van der Waals surface area contributed by atoms with Crippen LogP contribution in [0.4, 0.5) is 0 Å². The zero-order valence-electron chi connectivity index (χ0n) is 29.6. The molecule has 0 radical (unpaired) electrons. The van der Waals surface area contributed by atoms with Crippen LogP contribution in [-0.2, 0) is 23.7 Å². The second kappa shape index (κ2) is 11.8. The van der Waals surface area contributed by atoms with Gasteiger partial charge in [0.05, 0.1) is 11.2 Å². The third-order valence-electron chi connectivity index (χ3n) is 15.8. The van der Waals surface area contributed by atoms with E-state index in [0.717, 1.165) is 69.7 Å². The maximum atomic E-state index is 12.0. The van der Waals surface area contributed by atoms with Crippen molar-refractivity contribution < 1.29 is 15.3 Å². The van der Waals surface area contributed by atoms with Gasteiger partial charge in [0.25, 0.3) is 0 Å². The first kappa shape index (κ1) is 32.0. The first-order chi connectivity index (χ1) is 23.2. The summed E-state index contributed by atoms with van der Waals surface area (Å²) in [5.74, 6) is 2.10. The van der Waals surface area contributed by atoms with E-state index in [1.807, 2.05) is 12.1 Å². The van der Waals surface area contributed by atoms with E-state index in [0.29, 0.717) is 11.8 Å². The largest absolute Gasteiger partial charge is 0.508 e. The monoisotopic (exact) mass is 652 g/mol. The van der Waals surface area contributed by atoms with Crippen molar-refractivity contribution in [2.24, 2.45) is 11.8 Å². The molecular formula is C43H60N2O3. The van der Waals surface area contributed by atoms with E-state index >= 15 is 0 Å². The highest BCUT2D eigenvalue weighted by Gasteiger charge is 2.64. The Morgan fingerprint density at radius 3 is 1.58 bits per heavy atom. The van der Waals surface area contributed by atoms with E-state index in [9.17, 15) is 15.3 Å². The lowest BCUT2D eigenvalue weighted by Gasteiger charge is -2.64. The number of likely N-dealkylation sites (tertiary alicyclic amines) is 2. The average Bonchev–Trinajstić information content (AvgIpc) is 3.03. The maximum Gasteiger partial charge on any atom is 0.115 e. The number of aliphatic hydroxyl groups is 2. The number of hydrogen-bond acceptors (Lipinski definition) is 5. The summed E-state index contributed by atoms with van der Waals surface area (Å²) in [6, 6.07) is 13.6. The lowest BCUT2D eigenvalue weighted by molar-refractivity contribution is -0.169. The van der Waals surface area contributed by atoms with Gasteiger partial charge in [-0.25, -0.2) is 0 Å². The number of phenols is 1. The Morgan fingerprint density at radius 2 is 1.08 bits per heavy atom. The highest BCUT2D eigenvalue weighted by molar-refractivity contribution is 5.49. The van der Waals surface area contributed by atoms with Gasteiger partial charge in [0.1, 0.15) is 5.75 Å². The number of rotatable bonds is 4. The van der Waals surface area contributed by atoms with Gasteiger partial charge in [-0.05, 0) is 143 Å².